The van der Waals surface area contributed by atoms with Gasteiger partial charge >= 0.3 is 0 Å². The van der Waals surface area contributed by atoms with Crippen LogP contribution in [0.4, 0.5) is 0 Å². The molecule has 0 spiro atoms. The third-order valence-electron chi connectivity index (χ3n) is 0.379. The maximum atomic E-state index is 8.39. The van der Waals surface area contributed by atoms with Crippen molar-refractivity contribution in [2.75, 3.05) is 5.75 Å². The SMILES string of the molecule is CCCS(#N)=S. The van der Waals surface area contributed by atoms with E-state index in [9.17, 15) is 0 Å². The van der Waals surface area contributed by atoms with Crippen LogP contribution in [0.5, 0.6) is 0 Å². The lowest BCUT2D eigenvalue weighted by Gasteiger charge is -1.71. The molecule has 0 rings (SSSR count). The van der Waals surface area contributed by atoms with E-state index in [4.69, 9.17) is 4.61 Å². The van der Waals surface area contributed by atoms with Crippen molar-refractivity contribution in [2.24, 2.45) is 0 Å². The minimum Gasteiger partial charge on any atom is -0.178 e. The minimum atomic E-state index is -0.732. The highest BCUT2D eigenvalue weighted by Crippen LogP contribution is 1.71. The first-order valence-corrected chi connectivity index (χ1v) is 4.12. The molecule has 0 aliphatic heterocycles. The van der Waals surface area contributed by atoms with Gasteiger partial charge in [0.1, 0.15) is 0 Å². The van der Waals surface area contributed by atoms with Gasteiger partial charge in [0.2, 0.25) is 0 Å². The Kier molecular flexibility index (Phi) is 3.43. The zero-order valence-corrected chi connectivity index (χ0v) is 5.31. The molecule has 0 saturated carbocycles. The molecular formula is C3H7NS2. The van der Waals surface area contributed by atoms with Crippen LogP contribution in [-0.2, 0) is 20.3 Å². The summed E-state index contributed by atoms with van der Waals surface area (Å²) in [5.74, 6) is 0.773. The molecule has 0 aliphatic carbocycles. The molecular weight excluding hydrogens is 114 g/mol. The summed E-state index contributed by atoms with van der Waals surface area (Å²) in [6, 6.07) is 0. The summed E-state index contributed by atoms with van der Waals surface area (Å²) in [4.78, 5) is 0. The molecule has 0 bridgehead atoms. The van der Waals surface area contributed by atoms with Crippen molar-refractivity contribution in [2.45, 2.75) is 13.3 Å². The summed E-state index contributed by atoms with van der Waals surface area (Å²) < 4.78 is 8.39. The average molecular weight is 121 g/mol. The molecule has 1 nitrogen and oxygen atoms in total. The van der Waals surface area contributed by atoms with Crippen LogP contribution in [0.25, 0.3) is 0 Å². The van der Waals surface area contributed by atoms with Gasteiger partial charge < -0.3 is 0 Å². The average Bonchev–Trinajstić information content (AvgIpc) is 1.35. The third-order valence-corrected chi connectivity index (χ3v) is 1.64. The monoisotopic (exact) mass is 121 g/mol. The third kappa shape index (κ3) is 4.15. The van der Waals surface area contributed by atoms with E-state index in [0.29, 0.717) is 0 Å². The lowest BCUT2D eigenvalue weighted by molar-refractivity contribution is 1.11. The molecule has 0 aromatic rings. The first-order valence-electron chi connectivity index (χ1n) is 1.85. The Balaban J connectivity index is 3.16. The number of hydrogen-bond donors (Lipinski definition) is 0. The van der Waals surface area contributed by atoms with Crippen molar-refractivity contribution in [3.63, 3.8) is 0 Å². The maximum Gasteiger partial charge on any atom is 0.0421 e. The van der Waals surface area contributed by atoms with Crippen LogP contribution in [0, 0.1) is 4.61 Å². The van der Waals surface area contributed by atoms with E-state index in [1.54, 1.807) is 0 Å². The summed E-state index contributed by atoms with van der Waals surface area (Å²) in [6.07, 6.45) is 0.989. The molecule has 0 unspecified atom stereocenters. The van der Waals surface area contributed by atoms with Crippen molar-refractivity contribution in [1.82, 2.24) is 0 Å². The van der Waals surface area contributed by atoms with E-state index in [2.05, 4.69) is 11.2 Å². The van der Waals surface area contributed by atoms with Crippen LogP contribution in [0.1, 0.15) is 13.3 Å². The Morgan fingerprint density at radius 3 is 2.33 bits per heavy atom. The van der Waals surface area contributed by atoms with Crippen LogP contribution >= 0.6 is 0 Å². The van der Waals surface area contributed by atoms with Gasteiger partial charge in [-0.3, -0.25) is 0 Å². The number of rotatable bonds is 1. The normalized spacial score (nSPS) is 8.00. The molecule has 6 heavy (non-hydrogen) atoms. The van der Waals surface area contributed by atoms with Gasteiger partial charge in [-0.05, 0) is 6.42 Å². The zero-order chi connectivity index (χ0) is 4.99. The van der Waals surface area contributed by atoms with Crippen molar-refractivity contribution in [1.29, 1.82) is 4.61 Å². The first-order chi connectivity index (χ1) is 2.77. The maximum absolute atomic E-state index is 8.39. The van der Waals surface area contributed by atoms with E-state index < -0.39 is 9.08 Å². The highest BCUT2D eigenvalue weighted by atomic mass is 32.8. The molecule has 0 fully saturated rings. The predicted octanol–water partition coefficient (Wildman–Crippen LogP) is 0.956. The van der Waals surface area contributed by atoms with Crippen molar-refractivity contribution in [3.05, 3.63) is 0 Å². The smallest absolute Gasteiger partial charge is 0.0421 e. The molecule has 0 heterocycles. The van der Waals surface area contributed by atoms with E-state index >= 15 is 0 Å². The second kappa shape index (κ2) is 3.34. The van der Waals surface area contributed by atoms with Gasteiger partial charge in [0.15, 0.2) is 0 Å². The molecule has 0 aromatic heterocycles. The van der Waals surface area contributed by atoms with E-state index in [0.717, 1.165) is 12.2 Å². The van der Waals surface area contributed by atoms with Gasteiger partial charge in [-0.2, -0.15) is 4.61 Å². The van der Waals surface area contributed by atoms with Crippen LogP contribution in [0.2, 0.25) is 0 Å². The summed E-state index contributed by atoms with van der Waals surface area (Å²) in [6.45, 7) is 2.00. The molecule has 0 atom stereocenters. The van der Waals surface area contributed by atoms with Gasteiger partial charge in [0.25, 0.3) is 0 Å². The van der Waals surface area contributed by atoms with Gasteiger partial charge in [-0.25, -0.2) is 0 Å². The predicted molar refractivity (Wildman–Crippen MR) is 31.6 cm³/mol. The number of hydrogen-bond acceptors (Lipinski definition) is 2. The van der Waals surface area contributed by atoms with Crippen LogP contribution in [-0.4, -0.2) is 5.75 Å². The topological polar surface area (TPSA) is 23.8 Å². The lowest BCUT2D eigenvalue weighted by atomic mass is 10.6. The lowest BCUT2D eigenvalue weighted by Crippen LogP contribution is -1.74. The molecule has 0 amide bonds. The largest absolute Gasteiger partial charge is 0.178 e. The standard InChI is InChI=1S/C3H7NS2/c1-2-3-6(4)5/h2-3H2,1H3. The van der Waals surface area contributed by atoms with Gasteiger partial charge in [-0.1, -0.05) is 6.92 Å². The quantitative estimate of drug-likeness (QED) is 0.516. The molecule has 3 heteroatoms. The summed E-state index contributed by atoms with van der Waals surface area (Å²) >= 11 is 4.46. The van der Waals surface area contributed by atoms with Crippen LogP contribution in [0.15, 0.2) is 0 Å². The fraction of sp³-hybridized carbons (Fsp3) is 1.00. The summed E-state index contributed by atoms with van der Waals surface area (Å²) in [5, 5.41) is 0. The summed E-state index contributed by atoms with van der Waals surface area (Å²) in [5.41, 5.74) is 0. The fourth-order valence-electron chi connectivity index (χ4n) is 0.175. The van der Waals surface area contributed by atoms with Crippen molar-refractivity contribution >= 4 is 20.3 Å². The Morgan fingerprint density at radius 2 is 2.33 bits per heavy atom. The molecule has 0 N–H and O–H groups in total. The van der Waals surface area contributed by atoms with Crippen LogP contribution in [0.3, 0.4) is 0 Å². The van der Waals surface area contributed by atoms with Gasteiger partial charge in [0, 0.05) is 26.0 Å². The van der Waals surface area contributed by atoms with Crippen LogP contribution < -0.4 is 0 Å². The highest BCUT2D eigenvalue weighted by Gasteiger charge is 1.71. The van der Waals surface area contributed by atoms with Crippen molar-refractivity contribution in [3.8, 4) is 0 Å². The van der Waals surface area contributed by atoms with E-state index in [-0.39, 0.29) is 0 Å². The number of nitrogens with zero attached hydrogens (tertiary/aromatic N) is 1. The molecule has 0 saturated heterocycles. The highest BCUT2D eigenvalue weighted by molar-refractivity contribution is 8.20. The van der Waals surface area contributed by atoms with Gasteiger partial charge in [0.05, 0.1) is 0 Å². The van der Waals surface area contributed by atoms with E-state index in [1.165, 1.54) is 0 Å². The fourth-order valence-corrected chi connectivity index (χ4v) is 1.02. The summed E-state index contributed by atoms with van der Waals surface area (Å²) in [7, 11) is -0.732. The van der Waals surface area contributed by atoms with E-state index in [1.807, 2.05) is 6.92 Å². The van der Waals surface area contributed by atoms with Crippen molar-refractivity contribution < 1.29 is 0 Å². The second-order valence-electron chi connectivity index (χ2n) is 1.03. The Bertz CT molecular complexity index is 121. The Hall–Kier alpha value is 0.150. The second-order valence-corrected chi connectivity index (χ2v) is 3.23. The molecule has 0 aromatic carbocycles. The van der Waals surface area contributed by atoms with Gasteiger partial charge in [-0.15, -0.1) is 0 Å². The Morgan fingerprint density at radius 1 is 1.83 bits per heavy atom. The minimum absolute atomic E-state index is 0.732. The Labute approximate surface area is 44.6 Å². The molecule has 36 valence electrons. The first kappa shape index (κ1) is 6.15. The zero-order valence-electron chi connectivity index (χ0n) is 3.68. The molecule has 0 radical (unpaired) electrons. The molecule has 0 aliphatic rings.